The highest BCUT2D eigenvalue weighted by atomic mass is 16.3. The molecule has 5 heteroatoms. The van der Waals surface area contributed by atoms with Crippen molar-refractivity contribution < 1.29 is 5.11 Å². The molecule has 0 saturated heterocycles. The number of rotatable bonds is 5. The quantitative estimate of drug-likeness (QED) is 0.306. The molecule has 0 aromatic rings. The lowest BCUT2D eigenvalue weighted by atomic mass is 10.1. The Hall–Kier alpha value is -0.940. The minimum Gasteiger partial charge on any atom is -0.390 e. The molecule has 0 aliphatic carbocycles. The Kier molecular flexibility index (Phi) is 5.25. The summed E-state index contributed by atoms with van der Waals surface area (Å²) in [4.78, 5) is 4.02. The first-order valence-electron chi connectivity index (χ1n) is 4.18. The van der Waals surface area contributed by atoms with Crippen LogP contribution in [-0.2, 0) is 0 Å². The average Bonchev–Trinajstić information content (AvgIpc) is 2.03. The van der Waals surface area contributed by atoms with Crippen LogP contribution in [-0.4, -0.2) is 35.7 Å². The second-order valence-corrected chi connectivity index (χ2v) is 3.42. The van der Waals surface area contributed by atoms with Crippen LogP contribution < -0.4 is 11.6 Å². The van der Waals surface area contributed by atoms with Crippen LogP contribution in [0, 0.1) is 0 Å². The van der Waals surface area contributed by atoms with E-state index in [0.29, 0.717) is 18.7 Å². The van der Waals surface area contributed by atoms with E-state index in [-0.39, 0.29) is 6.54 Å². The Morgan fingerprint density at radius 3 is 2.54 bits per heavy atom. The molecule has 0 atom stereocenters. The second kappa shape index (κ2) is 5.66. The molecule has 0 heterocycles. The summed E-state index contributed by atoms with van der Waals surface area (Å²) in [5.41, 5.74) is 5.17. The van der Waals surface area contributed by atoms with Crippen LogP contribution in [0.15, 0.2) is 10.1 Å². The summed E-state index contributed by atoms with van der Waals surface area (Å²) in [6.45, 7) is 4.30. The van der Waals surface area contributed by atoms with Crippen molar-refractivity contribution in [3.63, 3.8) is 0 Å². The van der Waals surface area contributed by atoms with Crippen molar-refractivity contribution in [1.29, 1.82) is 0 Å². The minimum atomic E-state index is -0.680. The van der Waals surface area contributed by atoms with Crippen molar-refractivity contribution >= 4 is 11.9 Å². The lowest BCUT2D eigenvalue weighted by molar-refractivity contribution is 0.0739. The van der Waals surface area contributed by atoms with Crippen LogP contribution in [0.3, 0.4) is 0 Å². The summed E-state index contributed by atoms with van der Waals surface area (Å²) in [5, 5.41) is 12.8. The number of hydrogen-bond acceptors (Lipinski definition) is 5. The molecule has 0 aliphatic rings. The summed E-state index contributed by atoms with van der Waals surface area (Å²) in [6, 6.07) is 0. The van der Waals surface area contributed by atoms with Crippen molar-refractivity contribution in [2.45, 2.75) is 25.9 Å². The van der Waals surface area contributed by atoms with Crippen LogP contribution in [0.2, 0.25) is 0 Å². The number of nitrogens with zero attached hydrogens (tertiary/aromatic N) is 2. The molecule has 0 amide bonds. The third-order valence-corrected chi connectivity index (χ3v) is 1.47. The number of nitrogens with two attached hydrogens (primary N) is 2. The normalized spacial score (nSPS) is 14.0. The van der Waals surface area contributed by atoms with Crippen LogP contribution in [0.5, 0.6) is 0 Å². The van der Waals surface area contributed by atoms with E-state index in [4.69, 9.17) is 11.6 Å². The molecule has 0 bridgehead atoms. The first-order chi connectivity index (χ1) is 5.99. The molecule has 0 aromatic carbocycles. The van der Waals surface area contributed by atoms with Crippen molar-refractivity contribution in [2.75, 3.05) is 13.1 Å². The second-order valence-electron chi connectivity index (χ2n) is 3.42. The van der Waals surface area contributed by atoms with Gasteiger partial charge >= 0.3 is 0 Å². The van der Waals surface area contributed by atoms with Gasteiger partial charge in [-0.2, -0.15) is 5.10 Å². The van der Waals surface area contributed by atoms with Crippen LogP contribution >= 0.6 is 0 Å². The fraction of sp³-hybridized carbons (Fsp3) is 0.750. The SMILES string of the molecule is CC(C)(O)CCN=C/C(CN)=N\N. The van der Waals surface area contributed by atoms with Gasteiger partial charge in [-0.3, -0.25) is 4.99 Å². The van der Waals surface area contributed by atoms with Gasteiger partial charge in [0.25, 0.3) is 0 Å². The van der Waals surface area contributed by atoms with Crippen molar-refractivity contribution in [3.05, 3.63) is 0 Å². The zero-order chi connectivity index (χ0) is 10.3. The molecule has 0 aliphatic heterocycles. The monoisotopic (exact) mass is 186 g/mol. The maximum atomic E-state index is 9.34. The summed E-state index contributed by atoms with van der Waals surface area (Å²) in [7, 11) is 0. The molecule has 5 N–H and O–H groups in total. The molecular formula is C8H18N4O. The van der Waals surface area contributed by atoms with E-state index >= 15 is 0 Å². The molecule has 13 heavy (non-hydrogen) atoms. The number of hydrazone groups is 1. The lowest BCUT2D eigenvalue weighted by Crippen LogP contribution is -2.20. The standard InChI is InChI=1S/C8H18N4O/c1-8(2,13)3-4-11-6-7(5-9)12-10/h6,13H,3-5,9-10H2,1-2H3/b11-6?,12-7-. The predicted octanol–water partition coefficient (Wildman–Crippen LogP) is -0.508. The Morgan fingerprint density at radius 1 is 1.54 bits per heavy atom. The van der Waals surface area contributed by atoms with Crippen LogP contribution in [0.25, 0.3) is 0 Å². The number of hydrogen-bond donors (Lipinski definition) is 3. The number of aliphatic hydroxyl groups is 1. The van der Waals surface area contributed by atoms with E-state index in [1.54, 1.807) is 13.8 Å². The van der Waals surface area contributed by atoms with E-state index < -0.39 is 5.60 Å². The molecule has 0 saturated carbocycles. The summed E-state index contributed by atoms with van der Waals surface area (Å²) in [6.07, 6.45) is 2.14. The largest absolute Gasteiger partial charge is 0.390 e. The molecular weight excluding hydrogens is 168 g/mol. The van der Waals surface area contributed by atoms with E-state index in [2.05, 4.69) is 10.1 Å². The Labute approximate surface area is 78.5 Å². The number of aliphatic imine (C=N–C) groups is 1. The van der Waals surface area contributed by atoms with E-state index in [1.807, 2.05) is 0 Å². The van der Waals surface area contributed by atoms with Gasteiger partial charge in [-0.05, 0) is 20.3 Å². The molecule has 0 spiro atoms. The molecule has 0 aromatic heterocycles. The Bertz CT molecular complexity index is 193. The molecule has 0 unspecified atom stereocenters. The van der Waals surface area contributed by atoms with Gasteiger partial charge in [0.05, 0.1) is 11.3 Å². The average molecular weight is 186 g/mol. The van der Waals surface area contributed by atoms with Gasteiger partial charge in [-0.15, -0.1) is 0 Å². The fourth-order valence-corrected chi connectivity index (χ4v) is 0.647. The first kappa shape index (κ1) is 12.1. The van der Waals surface area contributed by atoms with Crippen molar-refractivity contribution in [1.82, 2.24) is 0 Å². The Balaban J connectivity index is 3.76. The molecule has 0 radical (unpaired) electrons. The van der Waals surface area contributed by atoms with Gasteiger partial charge in [-0.1, -0.05) is 0 Å². The van der Waals surface area contributed by atoms with Crippen LogP contribution in [0.1, 0.15) is 20.3 Å². The molecule has 76 valence electrons. The lowest BCUT2D eigenvalue weighted by Gasteiger charge is -2.14. The van der Waals surface area contributed by atoms with E-state index in [0.717, 1.165) is 0 Å². The highest BCUT2D eigenvalue weighted by Crippen LogP contribution is 2.05. The summed E-state index contributed by atoms with van der Waals surface area (Å²) in [5.74, 6) is 5.02. The highest BCUT2D eigenvalue weighted by Gasteiger charge is 2.10. The smallest absolute Gasteiger partial charge is 0.0913 e. The molecule has 0 rings (SSSR count). The highest BCUT2D eigenvalue weighted by molar-refractivity contribution is 6.31. The summed E-state index contributed by atoms with van der Waals surface area (Å²) >= 11 is 0. The van der Waals surface area contributed by atoms with E-state index in [9.17, 15) is 5.11 Å². The third-order valence-electron chi connectivity index (χ3n) is 1.47. The zero-order valence-corrected chi connectivity index (χ0v) is 8.20. The van der Waals surface area contributed by atoms with E-state index in [1.165, 1.54) is 6.21 Å². The maximum absolute atomic E-state index is 9.34. The molecule has 5 nitrogen and oxygen atoms in total. The molecule has 0 fully saturated rings. The van der Waals surface area contributed by atoms with Gasteiger partial charge < -0.3 is 16.7 Å². The van der Waals surface area contributed by atoms with Crippen LogP contribution in [0.4, 0.5) is 0 Å². The van der Waals surface area contributed by atoms with Gasteiger partial charge in [0.15, 0.2) is 0 Å². The third kappa shape index (κ3) is 7.42. The maximum Gasteiger partial charge on any atom is 0.0913 e. The first-order valence-corrected chi connectivity index (χ1v) is 4.18. The van der Waals surface area contributed by atoms with Gasteiger partial charge in [0, 0.05) is 19.3 Å². The zero-order valence-electron chi connectivity index (χ0n) is 8.20. The minimum absolute atomic E-state index is 0.280. The summed E-state index contributed by atoms with van der Waals surface area (Å²) < 4.78 is 0. The van der Waals surface area contributed by atoms with Gasteiger partial charge in [0.1, 0.15) is 0 Å². The Morgan fingerprint density at radius 2 is 2.15 bits per heavy atom. The predicted molar refractivity (Wildman–Crippen MR) is 55.0 cm³/mol. The fourth-order valence-electron chi connectivity index (χ4n) is 0.647. The van der Waals surface area contributed by atoms with Crippen molar-refractivity contribution in [2.24, 2.45) is 21.7 Å². The van der Waals surface area contributed by atoms with Crippen molar-refractivity contribution in [3.8, 4) is 0 Å². The van der Waals surface area contributed by atoms with Gasteiger partial charge in [0.2, 0.25) is 0 Å². The van der Waals surface area contributed by atoms with Gasteiger partial charge in [-0.25, -0.2) is 0 Å². The topological polar surface area (TPSA) is 97.0 Å².